The predicted octanol–water partition coefficient (Wildman–Crippen LogP) is 3.67. The maximum Gasteiger partial charge on any atom is 0.321 e. The van der Waals surface area contributed by atoms with Gasteiger partial charge in [0, 0.05) is 25.2 Å². The van der Waals surface area contributed by atoms with E-state index in [-0.39, 0.29) is 22.4 Å². The van der Waals surface area contributed by atoms with Crippen molar-refractivity contribution in [1.82, 2.24) is 19.8 Å². The zero-order chi connectivity index (χ0) is 21.0. The summed E-state index contributed by atoms with van der Waals surface area (Å²) in [6, 6.07) is 6.79. The Labute approximate surface area is 179 Å². The van der Waals surface area contributed by atoms with Crippen LogP contribution < -0.4 is 5.32 Å². The number of hydrogen-bond donors (Lipinski definition) is 1. The summed E-state index contributed by atoms with van der Waals surface area (Å²) in [5.74, 6) is -0.0824. The number of nitrogens with one attached hydrogen (secondary N) is 1. The van der Waals surface area contributed by atoms with Gasteiger partial charge in [-0.1, -0.05) is 43.2 Å². The van der Waals surface area contributed by atoms with E-state index >= 15 is 0 Å². The molecule has 0 atom stereocenters. The Bertz CT molecular complexity index is 864. The van der Waals surface area contributed by atoms with E-state index < -0.39 is 6.55 Å². The van der Waals surface area contributed by atoms with E-state index in [1.165, 1.54) is 19.3 Å². The molecule has 2 aromatic rings. The molecule has 2 aliphatic rings. The van der Waals surface area contributed by atoms with Crippen LogP contribution in [0, 0.1) is 0 Å². The number of carbonyl (C=O) groups excluding carboxylic acids is 1. The summed E-state index contributed by atoms with van der Waals surface area (Å²) < 4.78 is 33.5. The van der Waals surface area contributed by atoms with E-state index in [0.29, 0.717) is 17.6 Å². The molecule has 0 spiro atoms. The van der Waals surface area contributed by atoms with Gasteiger partial charge >= 0.3 is 6.55 Å². The first kappa shape index (κ1) is 21.5. The molecule has 1 amide bonds. The van der Waals surface area contributed by atoms with Gasteiger partial charge in [-0.2, -0.15) is 8.78 Å². The lowest BCUT2D eigenvalue weighted by molar-refractivity contribution is -0.119. The normalized spacial score (nSPS) is 20.0. The Morgan fingerprint density at radius 1 is 1.20 bits per heavy atom. The van der Waals surface area contributed by atoms with E-state index in [0.717, 1.165) is 55.5 Å². The topological polar surface area (TPSA) is 59.4 Å². The molecule has 1 aliphatic heterocycles. The zero-order valence-corrected chi connectivity index (χ0v) is 17.8. The third kappa shape index (κ3) is 4.63. The molecule has 1 aliphatic carbocycles. The van der Waals surface area contributed by atoms with E-state index in [1.807, 2.05) is 0 Å². The summed E-state index contributed by atoms with van der Waals surface area (Å²) in [6.07, 6.45) is 5.71. The molecule has 30 heavy (non-hydrogen) atoms. The van der Waals surface area contributed by atoms with Crippen molar-refractivity contribution in [2.75, 3.05) is 38.6 Å². The Kier molecular flexibility index (Phi) is 6.90. The number of thioether (sulfide) groups is 1. The predicted molar refractivity (Wildman–Crippen MR) is 113 cm³/mol. The number of fused-ring (bicyclic) bond motifs is 1. The zero-order valence-electron chi connectivity index (χ0n) is 17.0. The van der Waals surface area contributed by atoms with Gasteiger partial charge in [-0.25, -0.2) is 4.98 Å². The van der Waals surface area contributed by atoms with Crippen molar-refractivity contribution in [3.63, 3.8) is 0 Å². The highest BCUT2D eigenvalue weighted by molar-refractivity contribution is 7.99. The molecule has 1 aromatic heterocycles. The van der Waals surface area contributed by atoms with E-state index in [9.17, 15) is 13.6 Å². The summed E-state index contributed by atoms with van der Waals surface area (Å²) in [5.41, 5.74) is 0.872. The van der Waals surface area contributed by atoms with Gasteiger partial charge in [0.15, 0.2) is 5.16 Å². The van der Waals surface area contributed by atoms with Crippen LogP contribution in [0.5, 0.6) is 0 Å². The number of morpholine rings is 1. The molecule has 0 radical (unpaired) electrons. The summed E-state index contributed by atoms with van der Waals surface area (Å²) in [4.78, 5) is 19.3. The fourth-order valence-electron chi connectivity index (χ4n) is 4.61. The molecule has 1 aromatic carbocycles. The highest BCUT2D eigenvalue weighted by atomic mass is 32.2. The van der Waals surface area contributed by atoms with Gasteiger partial charge in [-0.05, 0) is 25.0 Å². The first-order chi connectivity index (χ1) is 14.6. The number of imidazole rings is 1. The van der Waals surface area contributed by atoms with Crippen LogP contribution in [0.2, 0.25) is 0 Å². The lowest BCUT2D eigenvalue weighted by Crippen LogP contribution is -2.59. The van der Waals surface area contributed by atoms with Gasteiger partial charge in [0.25, 0.3) is 0 Å². The van der Waals surface area contributed by atoms with E-state index in [1.54, 1.807) is 24.3 Å². The van der Waals surface area contributed by atoms with Crippen LogP contribution in [0.1, 0.15) is 38.7 Å². The number of aromatic nitrogens is 2. The van der Waals surface area contributed by atoms with Gasteiger partial charge in [0.05, 0.1) is 30.0 Å². The molecule has 6 nitrogen and oxygen atoms in total. The molecule has 4 rings (SSSR count). The second-order valence-corrected chi connectivity index (χ2v) is 8.92. The molecular formula is C21H28F2N4O2S. The number of rotatable bonds is 7. The third-order valence-corrected chi connectivity index (χ3v) is 7.12. The number of nitrogens with zero attached hydrogens (tertiary/aromatic N) is 3. The third-order valence-electron chi connectivity index (χ3n) is 6.17. The van der Waals surface area contributed by atoms with Gasteiger partial charge < -0.3 is 10.1 Å². The summed E-state index contributed by atoms with van der Waals surface area (Å²) in [5, 5.41) is 3.24. The highest BCUT2D eigenvalue weighted by Crippen LogP contribution is 2.34. The van der Waals surface area contributed by atoms with Crippen molar-refractivity contribution in [2.24, 2.45) is 0 Å². The van der Waals surface area contributed by atoms with Crippen molar-refractivity contribution < 1.29 is 18.3 Å². The van der Waals surface area contributed by atoms with Crippen molar-refractivity contribution >= 4 is 28.7 Å². The number of carbonyl (C=O) groups is 1. The number of amides is 1. The van der Waals surface area contributed by atoms with Crippen LogP contribution in [0.25, 0.3) is 11.0 Å². The van der Waals surface area contributed by atoms with Gasteiger partial charge in [-0.15, -0.1) is 0 Å². The lowest BCUT2D eigenvalue weighted by Gasteiger charge is -2.48. The van der Waals surface area contributed by atoms with Crippen LogP contribution >= 0.6 is 11.8 Å². The molecule has 0 unspecified atom stereocenters. The number of ether oxygens (including phenoxy) is 1. The van der Waals surface area contributed by atoms with Crippen molar-refractivity contribution in [3.05, 3.63) is 24.3 Å². The number of benzene rings is 1. The quantitative estimate of drug-likeness (QED) is 0.669. The van der Waals surface area contributed by atoms with Gasteiger partial charge in [0.2, 0.25) is 5.91 Å². The Morgan fingerprint density at radius 2 is 1.93 bits per heavy atom. The van der Waals surface area contributed by atoms with Gasteiger partial charge in [-0.3, -0.25) is 14.3 Å². The Hall–Kier alpha value is -1.71. The largest absolute Gasteiger partial charge is 0.379 e. The molecule has 1 saturated carbocycles. The van der Waals surface area contributed by atoms with E-state index in [4.69, 9.17) is 4.74 Å². The maximum atomic E-state index is 13.6. The minimum atomic E-state index is -2.70. The molecule has 0 bridgehead atoms. The van der Waals surface area contributed by atoms with Crippen LogP contribution in [-0.2, 0) is 9.53 Å². The molecule has 1 N–H and O–H groups in total. The maximum absolute atomic E-state index is 13.6. The summed E-state index contributed by atoms with van der Waals surface area (Å²) >= 11 is 1.06. The molecule has 9 heteroatoms. The second-order valence-electron chi connectivity index (χ2n) is 7.98. The highest BCUT2D eigenvalue weighted by Gasteiger charge is 2.38. The molecule has 2 heterocycles. The minimum absolute atomic E-state index is 0.0154. The minimum Gasteiger partial charge on any atom is -0.379 e. The second kappa shape index (κ2) is 9.62. The first-order valence-corrected chi connectivity index (χ1v) is 11.6. The SMILES string of the molecule is O=C(CSc1nc2ccccc2n1C(F)F)NCC1(N2CCOCC2)CCCCC1. The summed E-state index contributed by atoms with van der Waals surface area (Å²) in [6.45, 7) is 1.14. The Morgan fingerprint density at radius 3 is 2.67 bits per heavy atom. The molecule has 164 valence electrons. The van der Waals surface area contributed by atoms with Crippen LogP contribution in [0.4, 0.5) is 8.78 Å². The average Bonchev–Trinajstić information content (AvgIpc) is 3.16. The molecule has 2 fully saturated rings. The van der Waals surface area contributed by atoms with Crippen LogP contribution in [0.15, 0.2) is 29.4 Å². The smallest absolute Gasteiger partial charge is 0.321 e. The fraction of sp³-hybridized carbons (Fsp3) is 0.619. The standard InChI is InChI=1S/C21H28F2N4O2S/c22-19(23)27-17-7-3-2-6-16(17)25-20(27)30-14-18(28)24-15-21(8-4-1-5-9-21)26-10-12-29-13-11-26/h2-3,6-7,19H,1,4-5,8-15H2,(H,24,28). The first-order valence-electron chi connectivity index (χ1n) is 10.6. The average molecular weight is 439 g/mol. The lowest BCUT2D eigenvalue weighted by atomic mass is 9.79. The van der Waals surface area contributed by atoms with Crippen molar-refractivity contribution in [3.8, 4) is 0 Å². The molecular weight excluding hydrogens is 410 g/mol. The van der Waals surface area contributed by atoms with Crippen molar-refractivity contribution in [1.29, 1.82) is 0 Å². The number of halogens is 2. The van der Waals surface area contributed by atoms with Gasteiger partial charge in [0.1, 0.15) is 0 Å². The van der Waals surface area contributed by atoms with Crippen LogP contribution in [-0.4, -0.2) is 64.5 Å². The fourth-order valence-corrected chi connectivity index (χ4v) is 5.45. The molecule has 1 saturated heterocycles. The number of para-hydroxylation sites is 2. The monoisotopic (exact) mass is 438 g/mol. The van der Waals surface area contributed by atoms with E-state index in [2.05, 4.69) is 15.2 Å². The summed E-state index contributed by atoms with van der Waals surface area (Å²) in [7, 11) is 0. The van der Waals surface area contributed by atoms with Crippen LogP contribution in [0.3, 0.4) is 0 Å². The number of hydrogen-bond acceptors (Lipinski definition) is 5. The number of alkyl halides is 2. The Balaban J connectivity index is 1.38. The van der Waals surface area contributed by atoms with Crippen molar-refractivity contribution in [2.45, 2.75) is 49.3 Å².